The SMILES string of the molecule is Fc1cncnc1N1CC2CC1CN2Cc1ccc(Br)cn1. The Hall–Kier alpha value is -1.60. The Morgan fingerprint density at radius 1 is 1.18 bits per heavy atom. The summed E-state index contributed by atoms with van der Waals surface area (Å²) in [5, 5.41) is 0. The van der Waals surface area contributed by atoms with Gasteiger partial charge in [-0.05, 0) is 34.5 Å². The lowest BCUT2D eigenvalue weighted by Crippen LogP contribution is -2.46. The lowest BCUT2D eigenvalue weighted by molar-refractivity contribution is 0.227. The molecule has 0 aromatic carbocycles. The van der Waals surface area contributed by atoms with Crippen LogP contribution in [0, 0.1) is 5.82 Å². The van der Waals surface area contributed by atoms with Gasteiger partial charge in [0.2, 0.25) is 0 Å². The van der Waals surface area contributed by atoms with Crippen molar-refractivity contribution in [3.63, 3.8) is 0 Å². The highest BCUT2D eigenvalue weighted by Gasteiger charge is 2.44. The number of pyridine rings is 1. The van der Waals surface area contributed by atoms with Crippen molar-refractivity contribution in [1.29, 1.82) is 0 Å². The van der Waals surface area contributed by atoms with Crippen LogP contribution in [0.15, 0.2) is 35.3 Å². The molecular weight excluding hydrogens is 349 g/mol. The average molecular weight is 364 g/mol. The predicted octanol–water partition coefficient (Wildman–Crippen LogP) is 2.24. The topological polar surface area (TPSA) is 45.2 Å². The number of halogens is 2. The van der Waals surface area contributed by atoms with E-state index in [-0.39, 0.29) is 5.82 Å². The molecule has 2 saturated heterocycles. The number of piperazine rings is 1. The molecule has 0 spiro atoms. The molecular formula is C15H15BrFN5. The van der Waals surface area contributed by atoms with Crippen LogP contribution in [0.1, 0.15) is 12.1 Å². The molecule has 2 fully saturated rings. The monoisotopic (exact) mass is 363 g/mol. The third kappa shape index (κ3) is 2.48. The van der Waals surface area contributed by atoms with Gasteiger partial charge in [0.15, 0.2) is 11.6 Å². The molecule has 7 heteroatoms. The molecule has 0 amide bonds. The molecule has 2 bridgehead atoms. The molecule has 0 N–H and O–H groups in total. The maximum atomic E-state index is 13.9. The third-order valence-electron chi connectivity index (χ3n) is 4.43. The van der Waals surface area contributed by atoms with Gasteiger partial charge in [-0.3, -0.25) is 9.88 Å². The second-order valence-electron chi connectivity index (χ2n) is 5.79. The smallest absolute Gasteiger partial charge is 0.183 e. The molecule has 0 radical (unpaired) electrons. The average Bonchev–Trinajstić information content (AvgIpc) is 3.10. The molecule has 2 aromatic heterocycles. The zero-order valence-electron chi connectivity index (χ0n) is 11.9. The Bertz CT molecular complexity index is 680. The number of fused-ring (bicyclic) bond motifs is 2. The number of rotatable bonds is 3. The zero-order chi connectivity index (χ0) is 15.1. The van der Waals surface area contributed by atoms with Crippen LogP contribution in [0.3, 0.4) is 0 Å². The van der Waals surface area contributed by atoms with Gasteiger partial charge < -0.3 is 4.90 Å². The maximum absolute atomic E-state index is 13.9. The van der Waals surface area contributed by atoms with E-state index in [2.05, 4.69) is 40.7 Å². The summed E-state index contributed by atoms with van der Waals surface area (Å²) in [5.41, 5.74) is 1.07. The van der Waals surface area contributed by atoms with Crippen molar-refractivity contribution in [1.82, 2.24) is 19.9 Å². The quantitative estimate of drug-likeness (QED) is 0.836. The molecule has 22 heavy (non-hydrogen) atoms. The van der Waals surface area contributed by atoms with Crippen molar-refractivity contribution in [2.24, 2.45) is 0 Å². The van der Waals surface area contributed by atoms with Crippen LogP contribution in [0.4, 0.5) is 10.2 Å². The Morgan fingerprint density at radius 3 is 2.77 bits per heavy atom. The van der Waals surface area contributed by atoms with Crippen molar-refractivity contribution in [2.75, 3.05) is 18.0 Å². The Kier molecular flexibility index (Phi) is 3.54. The van der Waals surface area contributed by atoms with Crippen molar-refractivity contribution in [3.8, 4) is 0 Å². The minimum Gasteiger partial charge on any atom is -0.348 e. The van der Waals surface area contributed by atoms with E-state index >= 15 is 0 Å². The number of nitrogens with zero attached hydrogens (tertiary/aromatic N) is 5. The summed E-state index contributed by atoms with van der Waals surface area (Å²) >= 11 is 3.40. The fourth-order valence-electron chi connectivity index (χ4n) is 3.43. The molecule has 2 aliphatic rings. The second-order valence-corrected chi connectivity index (χ2v) is 6.70. The van der Waals surface area contributed by atoms with Gasteiger partial charge in [0.25, 0.3) is 0 Å². The van der Waals surface area contributed by atoms with Crippen LogP contribution < -0.4 is 4.90 Å². The zero-order valence-corrected chi connectivity index (χ0v) is 13.4. The molecule has 2 unspecified atom stereocenters. The van der Waals surface area contributed by atoms with E-state index in [1.807, 2.05) is 18.3 Å². The fourth-order valence-corrected chi connectivity index (χ4v) is 3.66. The molecule has 4 heterocycles. The van der Waals surface area contributed by atoms with Gasteiger partial charge in [-0.2, -0.15) is 0 Å². The number of hydrogen-bond donors (Lipinski definition) is 0. The van der Waals surface area contributed by atoms with Gasteiger partial charge in [0, 0.05) is 42.4 Å². The largest absolute Gasteiger partial charge is 0.348 e. The maximum Gasteiger partial charge on any atom is 0.183 e. The lowest BCUT2D eigenvalue weighted by Gasteiger charge is -2.34. The van der Waals surface area contributed by atoms with Crippen molar-refractivity contribution in [2.45, 2.75) is 25.0 Å². The minimum atomic E-state index is -0.337. The summed E-state index contributed by atoms with van der Waals surface area (Å²) < 4.78 is 14.8. The second kappa shape index (κ2) is 5.55. The number of hydrogen-bond acceptors (Lipinski definition) is 5. The molecule has 2 aromatic rings. The first kappa shape index (κ1) is 14.0. The van der Waals surface area contributed by atoms with E-state index in [9.17, 15) is 4.39 Å². The normalized spacial score (nSPS) is 24.2. The van der Waals surface area contributed by atoms with Crippen molar-refractivity contribution >= 4 is 21.7 Å². The van der Waals surface area contributed by atoms with E-state index < -0.39 is 0 Å². The first-order valence-electron chi connectivity index (χ1n) is 7.27. The fraction of sp³-hybridized carbons (Fsp3) is 0.400. The highest BCUT2D eigenvalue weighted by Crippen LogP contribution is 2.35. The predicted molar refractivity (Wildman–Crippen MR) is 83.9 cm³/mol. The molecule has 2 aliphatic heterocycles. The Morgan fingerprint density at radius 2 is 2.09 bits per heavy atom. The lowest BCUT2D eigenvalue weighted by atomic mass is 10.2. The van der Waals surface area contributed by atoms with E-state index in [0.717, 1.165) is 36.2 Å². The van der Waals surface area contributed by atoms with E-state index in [0.29, 0.717) is 17.9 Å². The third-order valence-corrected chi connectivity index (χ3v) is 4.90. The van der Waals surface area contributed by atoms with Gasteiger partial charge in [0.1, 0.15) is 6.33 Å². The number of aromatic nitrogens is 3. The van der Waals surface area contributed by atoms with Gasteiger partial charge >= 0.3 is 0 Å². The van der Waals surface area contributed by atoms with Crippen LogP contribution in [-0.2, 0) is 6.54 Å². The van der Waals surface area contributed by atoms with Crippen molar-refractivity contribution in [3.05, 3.63) is 46.8 Å². The summed E-state index contributed by atoms with van der Waals surface area (Å²) in [4.78, 5) is 16.8. The van der Waals surface area contributed by atoms with E-state index in [1.54, 1.807) is 0 Å². The van der Waals surface area contributed by atoms with Gasteiger partial charge in [-0.15, -0.1) is 0 Å². The molecule has 114 valence electrons. The summed E-state index contributed by atoms with van der Waals surface area (Å²) in [6.07, 6.45) is 5.53. The summed E-state index contributed by atoms with van der Waals surface area (Å²) in [6, 6.07) is 4.81. The Labute approximate surface area is 136 Å². The number of likely N-dealkylation sites (tertiary alicyclic amines) is 1. The molecule has 0 aliphatic carbocycles. The van der Waals surface area contributed by atoms with Crippen LogP contribution in [-0.4, -0.2) is 45.0 Å². The van der Waals surface area contributed by atoms with Crippen LogP contribution in [0.2, 0.25) is 0 Å². The first-order valence-corrected chi connectivity index (χ1v) is 8.06. The summed E-state index contributed by atoms with van der Waals surface area (Å²) in [7, 11) is 0. The van der Waals surface area contributed by atoms with Gasteiger partial charge in [-0.1, -0.05) is 0 Å². The van der Waals surface area contributed by atoms with Gasteiger partial charge in [0.05, 0.1) is 11.9 Å². The van der Waals surface area contributed by atoms with Crippen LogP contribution in [0.25, 0.3) is 0 Å². The first-order chi connectivity index (χ1) is 10.7. The standard InChI is InChI=1S/C15H15BrFN5/c16-10-1-2-11(19-4-10)6-21-7-13-3-12(21)8-22(13)15-14(17)5-18-9-20-15/h1-2,4-5,9,12-13H,3,6-8H2. The molecule has 5 nitrogen and oxygen atoms in total. The highest BCUT2D eigenvalue weighted by atomic mass is 79.9. The van der Waals surface area contributed by atoms with Crippen molar-refractivity contribution < 1.29 is 4.39 Å². The van der Waals surface area contributed by atoms with Crippen LogP contribution in [0.5, 0.6) is 0 Å². The van der Waals surface area contributed by atoms with E-state index in [4.69, 9.17) is 0 Å². The molecule has 2 atom stereocenters. The highest BCUT2D eigenvalue weighted by molar-refractivity contribution is 9.10. The molecule has 4 rings (SSSR count). The summed E-state index contributed by atoms with van der Waals surface area (Å²) in [5.74, 6) is 0.0973. The van der Waals surface area contributed by atoms with E-state index in [1.165, 1.54) is 12.5 Å². The minimum absolute atomic E-state index is 0.324. The van der Waals surface area contributed by atoms with Crippen LogP contribution >= 0.6 is 15.9 Å². The Balaban J connectivity index is 1.46. The number of anilines is 1. The van der Waals surface area contributed by atoms with Gasteiger partial charge in [-0.25, -0.2) is 14.4 Å². The summed E-state index contributed by atoms with van der Waals surface area (Å²) in [6.45, 7) is 2.58. The molecule has 0 saturated carbocycles.